The number of rotatable bonds is 9. The van der Waals surface area contributed by atoms with Crippen LogP contribution in [-0.4, -0.2) is 66.6 Å². The number of thiocarbonyl (C=S) groups is 1. The van der Waals surface area contributed by atoms with E-state index in [1.807, 2.05) is 55.5 Å². The average Bonchev–Trinajstić information content (AvgIpc) is 3.68. The zero-order chi connectivity index (χ0) is 36.2. The lowest BCUT2D eigenvalue weighted by molar-refractivity contribution is -0.274. The number of aromatic nitrogens is 3. The second kappa shape index (κ2) is 15.0. The summed E-state index contributed by atoms with van der Waals surface area (Å²) in [5.41, 5.74) is 3.68. The molecule has 1 aromatic heterocycles. The largest absolute Gasteiger partial charge is 0.573 e. The molecule has 50 heavy (non-hydrogen) atoms. The number of para-hydroxylation sites is 1. The molecule has 1 N–H and O–H groups in total. The number of thioether (sulfide) groups is 1. The third-order valence-corrected chi connectivity index (χ3v) is 8.93. The summed E-state index contributed by atoms with van der Waals surface area (Å²) in [6.07, 6.45) is -3.44. The number of halogens is 3. The van der Waals surface area contributed by atoms with Crippen LogP contribution in [0.15, 0.2) is 84.1 Å². The Balaban J connectivity index is 1.32. The summed E-state index contributed by atoms with van der Waals surface area (Å²) in [6.45, 7) is 10.1. The summed E-state index contributed by atoms with van der Waals surface area (Å²) in [5, 5.41) is 8.32. The molecule has 1 unspecified atom stereocenters. The Morgan fingerprint density at radius 1 is 1.08 bits per heavy atom. The highest BCUT2D eigenvalue weighted by atomic mass is 32.2. The van der Waals surface area contributed by atoms with Crippen molar-refractivity contribution in [3.8, 4) is 22.8 Å². The molecule has 0 saturated carbocycles. The Hall–Kier alpha value is -4.76. The van der Waals surface area contributed by atoms with Gasteiger partial charge in [-0.2, -0.15) is 4.99 Å². The number of hydrogen-bond acceptors (Lipinski definition) is 7. The average molecular weight is 724 g/mol. The van der Waals surface area contributed by atoms with E-state index in [-0.39, 0.29) is 33.8 Å². The molecule has 0 radical (unpaired) electrons. The molecule has 1 aliphatic heterocycles. The Labute approximate surface area is 297 Å². The van der Waals surface area contributed by atoms with Crippen molar-refractivity contribution < 1.29 is 27.5 Å². The number of hydrogen-bond donors (Lipinski definition) is 1. The summed E-state index contributed by atoms with van der Waals surface area (Å²) >= 11 is 6.99. The number of nitrogens with zero attached hydrogens (tertiary/aromatic N) is 6. The smallest absolute Gasteiger partial charge is 0.406 e. The van der Waals surface area contributed by atoms with E-state index in [0.717, 1.165) is 16.8 Å². The minimum absolute atomic E-state index is 0.0865. The maximum atomic E-state index is 13.1. The third kappa shape index (κ3) is 8.87. The number of amidine groups is 1. The lowest BCUT2D eigenvalue weighted by Gasteiger charge is -2.31. The van der Waals surface area contributed by atoms with Crippen LogP contribution in [0.3, 0.4) is 0 Å². The molecule has 4 aromatic rings. The molecule has 2 amide bonds. The van der Waals surface area contributed by atoms with Crippen molar-refractivity contribution >= 4 is 51.8 Å². The van der Waals surface area contributed by atoms with Gasteiger partial charge in [-0.1, -0.05) is 75.0 Å². The Morgan fingerprint density at radius 3 is 2.38 bits per heavy atom. The lowest BCUT2D eigenvalue weighted by Crippen LogP contribution is -2.51. The van der Waals surface area contributed by atoms with Crippen LogP contribution in [0.5, 0.6) is 5.75 Å². The fourth-order valence-electron chi connectivity index (χ4n) is 5.48. The van der Waals surface area contributed by atoms with Crippen LogP contribution in [0, 0.1) is 0 Å². The number of ether oxygens (including phenoxy) is 1. The van der Waals surface area contributed by atoms with Gasteiger partial charge < -0.3 is 15.0 Å². The van der Waals surface area contributed by atoms with Crippen molar-refractivity contribution in [1.29, 1.82) is 0 Å². The minimum atomic E-state index is -4.77. The maximum absolute atomic E-state index is 13.1. The van der Waals surface area contributed by atoms with E-state index >= 15 is 0 Å². The van der Waals surface area contributed by atoms with Crippen LogP contribution in [0.1, 0.15) is 45.7 Å². The number of anilines is 1. The number of carbonyl (C=O) groups excluding carboxylic acids is 2. The normalized spacial score (nSPS) is 14.9. The fourth-order valence-corrected chi connectivity index (χ4v) is 6.63. The summed E-state index contributed by atoms with van der Waals surface area (Å²) in [4.78, 5) is 38.0. The van der Waals surface area contributed by atoms with Crippen molar-refractivity contribution in [3.63, 3.8) is 0 Å². The number of nitrogens with one attached hydrogen (secondary N) is 1. The van der Waals surface area contributed by atoms with Gasteiger partial charge in [0.1, 0.15) is 18.2 Å². The zero-order valence-corrected chi connectivity index (χ0v) is 29.7. The number of carbonyl (C=O) groups is 2. The van der Waals surface area contributed by atoms with E-state index in [2.05, 4.69) is 45.9 Å². The van der Waals surface area contributed by atoms with Gasteiger partial charge in [0.2, 0.25) is 11.8 Å². The van der Waals surface area contributed by atoms with Crippen LogP contribution in [0.4, 0.5) is 18.9 Å². The zero-order valence-electron chi connectivity index (χ0n) is 28.1. The second-order valence-corrected chi connectivity index (χ2v) is 13.7. The first-order valence-corrected chi connectivity index (χ1v) is 17.1. The maximum Gasteiger partial charge on any atom is 0.573 e. The topological polar surface area (TPSA) is 105 Å². The van der Waals surface area contributed by atoms with E-state index in [1.54, 1.807) is 9.80 Å². The first-order chi connectivity index (χ1) is 23.6. The van der Waals surface area contributed by atoms with Gasteiger partial charge in [0.25, 0.3) is 0 Å². The number of likely N-dealkylation sites (N-methyl/N-ethyl adjacent to an activating group) is 1. The Bertz CT molecular complexity index is 1890. The van der Waals surface area contributed by atoms with Gasteiger partial charge in [-0.25, -0.2) is 9.67 Å². The SMILES string of the molecule is CCN(C(C)=O)C(Cc1ccc(-c2ncn(-c3ccc(OC(F)(F)F)cc3)n2)cc1)NC(=S)N=C1SCC(=O)N1c1ccccc1C(C)(C)C. The molecule has 10 nitrogen and oxygen atoms in total. The highest BCUT2D eigenvalue weighted by molar-refractivity contribution is 8.15. The van der Waals surface area contributed by atoms with E-state index in [0.29, 0.717) is 35.2 Å². The monoisotopic (exact) mass is 723 g/mol. The summed E-state index contributed by atoms with van der Waals surface area (Å²) < 4.78 is 42.9. The molecule has 262 valence electrons. The molecule has 3 aromatic carbocycles. The summed E-state index contributed by atoms with van der Waals surface area (Å²) in [7, 11) is 0. The molecule has 0 bridgehead atoms. The lowest BCUT2D eigenvalue weighted by atomic mass is 9.85. The van der Waals surface area contributed by atoms with Gasteiger partial charge in [0, 0.05) is 25.5 Å². The van der Waals surface area contributed by atoms with Crippen LogP contribution < -0.4 is 15.0 Å². The summed E-state index contributed by atoms with van der Waals surface area (Å²) in [5.74, 6) is 0.0908. The molecule has 15 heteroatoms. The number of aliphatic imine (C=N–C) groups is 1. The number of benzene rings is 3. The predicted molar refractivity (Wildman–Crippen MR) is 192 cm³/mol. The highest BCUT2D eigenvalue weighted by Crippen LogP contribution is 2.36. The van der Waals surface area contributed by atoms with Crippen molar-refractivity contribution in [1.82, 2.24) is 25.0 Å². The Kier molecular flexibility index (Phi) is 11.0. The van der Waals surface area contributed by atoms with Crippen molar-refractivity contribution in [2.24, 2.45) is 4.99 Å². The molecule has 5 rings (SSSR count). The van der Waals surface area contributed by atoms with Crippen molar-refractivity contribution in [2.75, 3.05) is 17.2 Å². The molecule has 0 aliphatic carbocycles. The summed E-state index contributed by atoms with van der Waals surface area (Å²) in [6, 6.07) is 20.6. The first kappa shape index (κ1) is 36.5. The standard InChI is InChI=1S/C35H36F3N7O3S2/c1-6-43(22(2)46)29(40-32(49)41-33-45(30(47)20-50-33)28-10-8-7-9-27(28)34(3,4)5)19-23-11-13-24(14-12-23)31-39-21-44(42-31)25-15-17-26(18-16-25)48-35(36,37)38/h7-18,21,29H,6,19-20H2,1-5H3,(H,40,49). The van der Waals surface area contributed by atoms with Gasteiger partial charge in [0.15, 0.2) is 16.1 Å². The predicted octanol–water partition coefficient (Wildman–Crippen LogP) is 6.88. The van der Waals surface area contributed by atoms with E-state index in [1.165, 1.54) is 54.0 Å². The number of alkyl halides is 3. The van der Waals surface area contributed by atoms with Crippen LogP contribution >= 0.6 is 24.0 Å². The van der Waals surface area contributed by atoms with E-state index < -0.39 is 12.5 Å². The highest BCUT2D eigenvalue weighted by Gasteiger charge is 2.34. The van der Waals surface area contributed by atoms with Crippen LogP contribution in [0.2, 0.25) is 0 Å². The van der Waals surface area contributed by atoms with Crippen LogP contribution in [-0.2, 0) is 21.4 Å². The quantitative estimate of drug-likeness (QED) is 0.147. The van der Waals surface area contributed by atoms with Gasteiger partial charge in [-0.3, -0.25) is 14.5 Å². The van der Waals surface area contributed by atoms with Gasteiger partial charge in [0.05, 0.1) is 17.1 Å². The van der Waals surface area contributed by atoms with Crippen LogP contribution in [0.25, 0.3) is 17.1 Å². The van der Waals surface area contributed by atoms with Gasteiger partial charge in [-0.15, -0.1) is 18.3 Å². The molecule has 2 heterocycles. The first-order valence-electron chi connectivity index (χ1n) is 15.7. The molecular formula is C35H36F3N7O3S2. The third-order valence-electron chi connectivity index (χ3n) is 7.79. The van der Waals surface area contributed by atoms with Crippen molar-refractivity contribution in [3.05, 3.63) is 90.3 Å². The second-order valence-electron chi connectivity index (χ2n) is 12.4. The van der Waals surface area contributed by atoms with E-state index in [9.17, 15) is 22.8 Å². The van der Waals surface area contributed by atoms with Gasteiger partial charge in [-0.05, 0) is 66.0 Å². The van der Waals surface area contributed by atoms with Crippen molar-refractivity contribution in [2.45, 2.75) is 59.0 Å². The van der Waals surface area contributed by atoms with E-state index in [4.69, 9.17) is 12.2 Å². The molecular weight excluding hydrogens is 688 g/mol. The Morgan fingerprint density at radius 2 is 1.76 bits per heavy atom. The fraction of sp³-hybridized carbons (Fsp3) is 0.314. The number of amides is 2. The molecule has 0 spiro atoms. The minimum Gasteiger partial charge on any atom is -0.406 e. The van der Waals surface area contributed by atoms with Gasteiger partial charge >= 0.3 is 6.36 Å². The molecule has 1 fully saturated rings. The molecule has 1 aliphatic rings. The molecule has 1 saturated heterocycles. The molecule has 1 atom stereocenters.